The minimum absolute atomic E-state index is 0.0949. The van der Waals surface area contributed by atoms with E-state index in [9.17, 15) is 8.78 Å². The molecule has 0 aliphatic heterocycles. The zero-order chi connectivity index (χ0) is 13.5. The van der Waals surface area contributed by atoms with Gasteiger partial charge in [-0.1, -0.05) is 11.2 Å². The maximum atomic E-state index is 12.0. The SMILES string of the molecule is COc1ccc(CNCC(F)F)cc1/C(N)=N/O. The van der Waals surface area contributed by atoms with Crippen molar-refractivity contribution in [3.8, 4) is 5.75 Å². The first-order valence-electron chi connectivity index (χ1n) is 5.22. The number of oxime groups is 1. The van der Waals surface area contributed by atoms with Gasteiger partial charge in [-0.05, 0) is 17.7 Å². The van der Waals surface area contributed by atoms with Crippen molar-refractivity contribution in [2.45, 2.75) is 13.0 Å². The fraction of sp³-hybridized carbons (Fsp3) is 0.364. The molecule has 1 aromatic rings. The predicted molar refractivity (Wildman–Crippen MR) is 63.2 cm³/mol. The van der Waals surface area contributed by atoms with Gasteiger partial charge in [0.15, 0.2) is 5.84 Å². The minimum atomic E-state index is -2.40. The smallest absolute Gasteiger partial charge is 0.250 e. The average molecular weight is 259 g/mol. The minimum Gasteiger partial charge on any atom is -0.496 e. The highest BCUT2D eigenvalue weighted by Crippen LogP contribution is 2.19. The number of amidine groups is 1. The van der Waals surface area contributed by atoms with Crippen LogP contribution in [-0.2, 0) is 6.54 Å². The molecule has 5 nitrogen and oxygen atoms in total. The van der Waals surface area contributed by atoms with Crippen LogP contribution in [-0.4, -0.2) is 31.1 Å². The third kappa shape index (κ3) is 3.85. The van der Waals surface area contributed by atoms with Crippen LogP contribution in [0.15, 0.2) is 23.4 Å². The molecule has 0 spiro atoms. The molecule has 0 saturated heterocycles. The number of hydrogen-bond donors (Lipinski definition) is 3. The van der Waals surface area contributed by atoms with E-state index in [-0.39, 0.29) is 18.9 Å². The van der Waals surface area contributed by atoms with Crippen molar-refractivity contribution in [2.75, 3.05) is 13.7 Å². The number of nitrogens with two attached hydrogens (primary N) is 1. The highest BCUT2D eigenvalue weighted by Gasteiger charge is 2.09. The van der Waals surface area contributed by atoms with Gasteiger partial charge >= 0.3 is 0 Å². The Labute approximate surface area is 103 Å². The van der Waals surface area contributed by atoms with Crippen LogP contribution >= 0.6 is 0 Å². The van der Waals surface area contributed by atoms with Gasteiger partial charge in [0.1, 0.15) is 5.75 Å². The summed E-state index contributed by atoms with van der Waals surface area (Å²) in [5.74, 6) is 0.352. The number of nitrogens with one attached hydrogen (secondary N) is 1. The van der Waals surface area contributed by atoms with E-state index in [1.54, 1.807) is 18.2 Å². The van der Waals surface area contributed by atoms with Gasteiger partial charge in [-0.15, -0.1) is 0 Å². The number of alkyl halides is 2. The lowest BCUT2D eigenvalue weighted by atomic mass is 10.1. The third-order valence-corrected chi connectivity index (χ3v) is 2.28. The van der Waals surface area contributed by atoms with Gasteiger partial charge in [-0.25, -0.2) is 8.78 Å². The van der Waals surface area contributed by atoms with E-state index in [1.165, 1.54) is 7.11 Å². The first kappa shape index (κ1) is 14.2. The molecule has 100 valence electrons. The predicted octanol–water partition coefficient (Wildman–Crippen LogP) is 1.14. The summed E-state index contributed by atoms with van der Waals surface area (Å²) in [5.41, 5.74) is 6.64. The Bertz CT molecular complexity index is 425. The van der Waals surface area contributed by atoms with Gasteiger partial charge in [0.05, 0.1) is 19.2 Å². The van der Waals surface area contributed by atoms with Gasteiger partial charge in [-0.3, -0.25) is 0 Å². The van der Waals surface area contributed by atoms with Crippen molar-refractivity contribution in [1.29, 1.82) is 0 Å². The van der Waals surface area contributed by atoms with E-state index in [2.05, 4.69) is 10.5 Å². The highest BCUT2D eigenvalue weighted by atomic mass is 19.3. The van der Waals surface area contributed by atoms with Crippen molar-refractivity contribution in [2.24, 2.45) is 10.9 Å². The van der Waals surface area contributed by atoms with Crippen LogP contribution in [0, 0.1) is 0 Å². The summed E-state index contributed by atoms with van der Waals surface area (Å²) >= 11 is 0. The van der Waals surface area contributed by atoms with Crippen LogP contribution in [0.1, 0.15) is 11.1 Å². The normalized spacial score (nSPS) is 11.9. The van der Waals surface area contributed by atoms with Crippen LogP contribution < -0.4 is 15.8 Å². The standard InChI is InChI=1S/C11H15F2N3O2/c1-18-9-3-2-7(5-15-6-10(12)13)4-8(9)11(14)16-17/h2-4,10,15,17H,5-6H2,1H3,(H2,14,16). The second-order valence-corrected chi connectivity index (χ2v) is 3.54. The van der Waals surface area contributed by atoms with Crippen molar-refractivity contribution >= 4 is 5.84 Å². The lowest BCUT2D eigenvalue weighted by Gasteiger charge is -2.10. The highest BCUT2D eigenvalue weighted by molar-refractivity contribution is 5.99. The van der Waals surface area contributed by atoms with E-state index in [1.807, 2.05) is 0 Å². The molecule has 4 N–H and O–H groups in total. The fourth-order valence-electron chi connectivity index (χ4n) is 1.44. The summed E-state index contributed by atoms with van der Waals surface area (Å²) in [6, 6.07) is 4.96. The molecule has 0 bridgehead atoms. The van der Waals surface area contributed by atoms with Crippen molar-refractivity contribution in [1.82, 2.24) is 5.32 Å². The van der Waals surface area contributed by atoms with Crippen LogP contribution in [0.2, 0.25) is 0 Å². The lowest BCUT2D eigenvalue weighted by molar-refractivity contribution is 0.145. The molecule has 0 fully saturated rings. The van der Waals surface area contributed by atoms with Gasteiger partial charge in [0.25, 0.3) is 6.43 Å². The fourth-order valence-corrected chi connectivity index (χ4v) is 1.44. The van der Waals surface area contributed by atoms with Gasteiger partial charge in [0.2, 0.25) is 0 Å². The molecule has 0 aromatic heterocycles. The Morgan fingerprint density at radius 2 is 2.28 bits per heavy atom. The van der Waals surface area contributed by atoms with Gasteiger partial charge < -0.3 is 21.0 Å². The molecular weight excluding hydrogens is 244 g/mol. The number of methoxy groups -OCH3 is 1. The molecule has 0 unspecified atom stereocenters. The van der Waals surface area contributed by atoms with Crippen LogP contribution in [0.4, 0.5) is 8.78 Å². The Morgan fingerprint density at radius 1 is 1.56 bits per heavy atom. The van der Waals surface area contributed by atoms with E-state index in [0.717, 1.165) is 5.56 Å². The number of halogens is 2. The summed E-state index contributed by atoms with van der Waals surface area (Å²) in [7, 11) is 1.46. The number of nitrogens with zero attached hydrogens (tertiary/aromatic N) is 1. The summed E-state index contributed by atoms with van der Waals surface area (Å²) in [5, 5.41) is 14.1. The lowest BCUT2D eigenvalue weighted by Crippen LogP contribution is -2.21. The molecule has 0 aliphatic carbocycles. The second kappa shape index (κ2) is 6.75. The third-order valence-electron chi connectivity index (χ3n) is 2.28. The summed E-state index contributed by atoms with van der Waals surface area (Å²) in [6.07, 6.45) is -2.40. The van der Waals surface area contributed by atoms with Crippen LogP contribution in [0.3, 0.4) is 0 Å². The van der Waals surface area contributed by atoms with Gasteiger partial charge in [0, 0.05) is 6.54 Å². The number of hydrogen-bond acceptors (Lipinski definition) is 4. The molecule has 0 aliphatic rings. The van der Waals surface area contributed by atoms with Crippen molar-refractivity contribution < 1.29 is 18.7 Å². The quantitative estimate of drug-likeness (QED) is 0.310. The summed E-state index contributed by atoms with van der Waals surface area (Å²) in [4.78, 5) is 0. The van der Waals surface area contributed by atoms with E-state index >= 15 is 0 Å². The number of rotatable bonds is 6. The van der Waals surface area contributed by atoms with E-state index < -0.39 is 6.43 Å². The molecule has 7 heteroatoms. The Balaban J connectivity index is 2.83. The first-order valence-corrected chi connectivity index (χ1v) is 5.22. The molecule has 0 amide bonds. The average Bonchev–Trinajstić information content (AvgIpc) is 2.37. The second-order valence-electron chi connectivity index (χ2n) is 3.54. The number of ether oxygens (including phenoxy) is 1. The first-order chi connectivity index (χ1) is 8.58. The molecule has 1 aromatic carbocycles. The molecule has 0 heterocycles. The van der Waals surface area contributed by atoms with Crippen LogP contribution in [0.25, 0.3) is 0 Å². The van der Waals surface area contributed by atoms with E-state index in [4.69, 9.17) is 15.7 Å². The molecule has 0 radical (unpaired) electrons. The molecule has 0 saturated carbocycles. The van der Waals surface area contributed by atoms with E-state index in [0.29, 0.717) is 11.3 Å². The monoisotopic (exact) mass is 259 g/mol. The topological polar surface area (TPSA) is 79.9 Å². The molecular formula is C11H15F2N3O2. The number of benzene rings is 1. The Morgan fingerprint density at radius 3 is 2.83 bits per heavy atom. The maximum absolute atomic E-state index is 12.0. The van der Waals surface area contributed by atoms with Crippen LogP contribution in [0.5, 0.6) is 5.75 Å². The zero-order valence-electron chi connectivity index (χ0n) is 9.86. The van der Waals surface area contributed by atoms with Crippen molar-refractivity contribution in [3.05, 3.63) is 29.3 Å². The Hall–Kier alpha value is -1.89. The maximum Gasteiger partial charge on any atom is 0.250 e. The molecule has 1 rings (SSSR count). The van der Waals surface area contributed by atoms with Gasteiger partial charge in [-0.2, -0.15) is 0 Å². The summed E-state index contributed by atoms with van der Waals surface area (Å²) in [6.45, 7) is -0.120. The largest absolute Gasteiger partial charge is 0.496 e. The summed E-state index contributed by atoms with van der Waals surface area (Å²) < 4.78 is 29.0. The zero-order valence-corrected chi connectivity index (χ0v) is 9.86. The molecule has 18 heavy (non-hydrogen) atoms. The molecule has 0 atom stereocenters. The van der Waals surface area contributed by atoms with Crippen molar-refractivity contribution in [3.63, 3.8) is 0 Å². The Kier molecular flexibility index (Phi) is 5.31.